The monoisotopic (exact) mass is 401 g/mol. The zero-order valence-electron chi connectivity index (χ0n) is 13.0. The first-order valence-corrected chi connectivity index (χ1v) is 8.02. The van der Waals surface area contributed by atoms with Crippen molar-refractivity contribution in [1.82, 2.24) is 4.90 Å². The first kappa shape index (κ1) is 16.8. The highest BCUT2D eigenvalue weighted by atomic mass is 79.9. The molecule has 0 aromatic heterocycles. The van der Waals surface area contributed by atoms with Crippen molar-refractivity contribution in [3.8, 4) is 0 Å². The molecule has 0 saturated heterocycles. The van der Waals surface area contributed by atoms with Crippen LogP contribution in [0.2, 0.25) is 0 Å². The van der Waals surface area contributed by atoms with Gasteiger partial charge in [0.25, 0.3) is 17.5 Å². The maximum atomic E-state index is 12.5. The van der Waals surface area contributed by atoms with Gasteiger partial charge in [0.1, 0.15) is 5.70 Å². The zero-order valence-corrected chi connectivity index (χ0v) is 14.6. The van der Waals surface area contributed by atoms with Crippen LogP contribution >= 0.6 is 15.9 Å². The van der Waals surface area contributed by atoms with Crippen molar-refractivity contribution in [2.24, 2.45) is 0 Å². The molecule has 1 aliphatic rings. The first-order valence-electron chi connectivity index (χ1n) is 7.22. The molecule has 1 aliphatic heterocycles. The second-order valence-corrected chi connectivity index (χ2v) is 6.27. The van der Waals surface area contributed by atoms with Crippen LogP contribution in [-0.4, -0.2) is 28.7 Å². The number of benzene rings is 2. The highest BCUT2D eigenvalue weighted by Gasteiger charge is 2.36. The third kappa shape index (κ3) is 3.16. The highest BCUT2D eigenvalue weighted by Crippen LogP contribution is 2.31. The van der Waals surface area contributed by atoms with E-state index in [9.17, 15) is 19.7 Å². The number of imide groups is 1. The molecule has 0 unspecified atom stereocenters. The number of halogens is 1. The summed E-state index contributed by atoms with van der Waals surface area (Å²) in [6.45, 7) is 0. The van der Waals surface area contributed by atoms with Gasteiger partial charge in [-0.15, -0.1) is 0 Å². The molecule has 2 amide bonds. The smallest absolute Gasteiger partial charge is 0.277 e. The van der Waals surface area contributed by atoms with Crippen molar-refractivity contribution in [3.63, 3.8) is 0 Å². The number of anilines is 1. The third-order valence-electron chi connectivity index (χ3n) is 3.75. The molecule has 0 fully saturated rings. The molecule has 126 valence electrons. The fourth-order valence-electron chi connectivity index (χ4n) is 2.49. The Morgan fingerprint density at radius 2 is 1.76 bits per heavy atom. The SMILES string of the molecule is CN1C(=O)C(Nc2cccc(Br)c2)=C(c2ccc([N+](=O)[O-])cc2)C1=O. The van der Waals surface area contributed by atoms with Gasteiger partial charge in [0.05, 0.1) is 10.5 Å². The number of nitro groups is 1. The summed E-state index contributed by atoms with van der Waals surface area (Å²) in [5.41, 5.74) is 1.31. The van der Waals surface area contributed by atoms with Gasteiger partial charge >= 0.3 is 0 Å². The van der Waals surface area contributed by atoms with Crippen LogP contribution in [0.4, 0.5) is 11.4 Å². The van der Waals surface area contributed by atoms with Crippen LogP contribution in [0.25, 0.3) is 5.57 Å². The van der Waals surface area contributed by atoms with E-state index in [1.54, 1.807) is 18.2 Å². The lowest BCUT2D eigenvalue weighted by Gasteiger charge is -2.09. The maximum absolute atomic E-state index is 12.5. The van der Waals surface area contributed by atoms with Crippen molar-refractivity contribution in [2.45, 2.75) is 0 Å². The number of amides is 2. The molecular weight excluding hydrogens is 390 g/mol. The van der Waals surface area contributed by atoms with Crippen molar-refractivity contribution in [3.05, 3.63) is 74.4 Å². The normalized spacial score (nSPS) is 14.2. The van der Waals surface area contributed by atoms with E-state index in [2.05, 4.69) is 21.2 Å². The molecule has 1 N–H and O–H groups in total. The Labute approximate surface area is 151 Å². The fraction of sp³-hybridized carbons (Fsp3) is 0.0588. The summed E-state index contributed by atoms with van der Waals surface area (Å²) in [6.07, 6.45) is 0. The summed E-state index contributed by atoms with van der Waals surface area (Å²) in [5.74, 6) is -0.922. The summed E-state index contributed by atoms with van der Waals surface area (Å²) in [6, 6.07) is 12.7. The van der Waals surface area contributed by atoms with Gasteiger partial charge in [0, 0.05) is 29.3 Å². The molecule has 8 heteroatoms. The van der Waals surface area contributed by atoms with Gasteiger partial charge in [-0.05, 0) is 35.9 Å². The van der Waals surface area contributed by atoms with Crippen LogP contribution in [0.5, 0.6) is 0 Å². The summed E-state index contributed by atoms with van der Waals surface area (Å²) in [4.78, 5) is 36.2. The molecular formula is C17H12BrN3O4. The number of nitrogens with zero attached hydrogens (tertiary/aromatic N) is 2. The summed E-state index contributed by atoms with van der Waals surface area (Å²) in [7, 11) is 1.39. The number of nitrogens with one attached hydrogen (secondary N) is 1. The topological polar surface area (TPSA) is 92.6 Å². The quantitative estimate of drug-likeness (QED) is 0.482. The van der Waals surface area contributed by atoms with Crippen molar-refractivity contribution in [2.75, 3.05) is 12.4 Å². The number of hydrogen-bond acceptors (Lipinski definition) is 5. The lowest BCUT2D eigenvalue weighted by atomic mass is 10.0. The van der Waals surface area contributed by atoms with Crippen LogP contribution in [0.15, 0.2) is 58.7 Å². The third-order valence-corrected chi connectivity index (χ3v) is 4.24. The average molecular weight is 402 g/mol. The van der Waals surface area contributed by atoms with Gasteiger partial charge in [-0.3, -0.25) is 24.6 Å². The molecule has 0 radical (unpaired) electrons. The number of non-ortho nitro benzene ring substituents is 1. The van der Waals surface area contributed by atoms with E-state index >= 15 is 0 Å². The number of nitro benzene ring substituents is 1. The number of carbonyl (C=O) groups is 2. The first-order chi connectivity index (χ1) is 11.9. The average Bonchev–Trinajstić information content (AvgIpc) is 2.79. The molecule has 25 heavy (non-hydrogen) atoms. The van der Waals surface area contributed by atoms with Gasteiger partial charge in [0.2, 0.25) is 0 Å². The van der Waals surface area contributed by atoms with E-state index < -0.39 is 16.7 Å². The molecule has 0 aliphatic carbocycles. The maximum Gasteiger partial charge on any atom is 0.277 e. The van der Waals surface area contributed by atoms with Crippen LogP contribution in [0.1, 0.15) is 5.56 Å². The second-order valence-electron chi connectivity index (χ2n) is 5.36. The highest BCUT2D eigenvalue weighted by molar-refractivity contribution is 9.10. The van der Waals surface area contributed by atoms with E-state index in [-0.39, 0.29) is 17.0 Å². The van der Waals surface area contributed by atoms with Crippen LogP contribution in [0.3, 0.4) is 0 Å². The lowest BCUT2D eigenvalue weighted by Crippen LogP contribution is -2.27. The Hall–Kier alpha value is -3.00. The molecule has 0 bridgehead atoms. The Bertz CT molecular complexity index is 922. The molecule has 2 aromatic carbocycles. The lowest BCUT2D eigenvalue weighted by molar-refractivity contribution is -0.384. The molecule has 2 aromatic rings. The van der Waals surface area contributed by atoms with Crippen LogP contribution in [-0.2, 0) is 9.59 Å². The minimum Gasteiger partial charge on any atom is -0.350 e. The number of carbonyl (C=O) groups excluding carboxylic acids is 2. The minimum absolute atomic E-state index is 0.0871. The molecule has 3 rings (SSSR count). The largest absolute Gasteiger partial charge is 0.350 e. The Morgan fingerprint density at radius 1 is 1.08 bits per heavy atom. The van der Waals surface area contributed by atoms with Gasteiger partial charge in [-0.25, -0.2) is 0 Å². The molecule has 0 atom stereocenters. The standard InChI is InChI=1S/C17H12BrN3O4/c1-20-16(22)14(10-5-7-13(8-6-10)21(24)25)15(17(20)23)19-12-4-2-3-11(18)9-12/h2-9,19H,1H3. The fourth-order valence-corrected chi connectivity index (χ4v) is 2.88. The second kappa shape index (κ2) is 6.48. The minimum atomic E-state index is -0.521. The van der Waals surface area contributed by atoms with Gasteiger partial charge in [-0.2, -0.15) is 0 Å². The molecule has 1 heterocycles. The Balaban J connectivity index is 2.06. The van der Waals surface area contributed by atoms with E-state index in [4.69, 9.17) is 0 Å². The van der Waals surface area contributed by atoms with Gasteiger partial charge < -0.3 is 5.32 Å². The number of rotatable bonds is 4. The summed E-state index contributed by atoms with van der Waals surface area (Å²) >= 11 is 3.35. The van der Waals surface area contributed by atoms with Crippen LogP contribution < -0.4 is 5.32 Å². The van der Waals surface area contributed by atoms with E-state index in [0.29, 0.717) is 11.3 Å². The Kier molecular flexibility index (Phi) is 4.37. The van der Waals surface area contributed by atoms with Crippen molar-refractivity contribution in [1.29, 1.82) is 0 Å². The summed E-state index contributed by atoms with van der Waals surface area (Å²) in [5, 5.41) is 13.8. The molecule has 0 spiro atoms. The van der Waals surface area contributed by atoms with Crippen molar-refractivity contribution < 1.29 is 14.5 Å². The predicted molar refractivity (Wildman–Crippen MR) is 95.6 cm³/mol. The van der Waals surface area contributed by atoms with Gasteiger partial charge in [0.15, 0.2) is 0 Å². The van der Waals surface area contributed by atoms with Crippen LogP contribution in [0, 0.1) is 10.1 Å². The zero-order chi connectivity index (χ0) is 18.1. The van der Waals surface area contributed by atoms with E-state index in [1.165, 1.54) is 31.3 Å². The van der Waals surface area contributed by atoms with E-state index in [0.717, 1.165) is 9.37 Å². The molecule has 0 saturated carbocycles. The Morgan fingerprint density at radius 3 is 2.36 bits per heavy atom. The molecule has 7 nitrogen and oxygen atoms in total. The summed E-state index contributed by atoms with van der Waals surface area (Å²) < 4.78 is 0.820. The van der Waals surface area contributed by atoms with Gasteiger partial charge in [-0.1, -0.05) is 22.0 Å². The van der Waals surface area contributed by atoms with Crippen molar-refractivity contribution >= 4 is 44.7 Å². The van der Waals surface area contributed by atoms with E-state index in [1.807, 2.05) is 6.07 Å². The number of likely N-dealkylation sites (N-methyl/N-ethyl adjacent to an activating group) is 1. The predicted octanol–water partition coefficient (Wildman–Crippen LogP) is 3.18. The number of hydrogen-bond donors (Lipinski definition) is 1.